The van der Waals surface area contributed by atoms with E-state index in [0.29, 0.717) is 31.0 Å². The van der Waals surface area contributed by atoms with Crippen LogP contribution in [-0.2, 0) is 22.4 Å². The molecule has 0 aliphatic carbocycles. The lowest BCUT2D eigenvalue weighted by molar-refractivity contribution is 0.0988. The molecule has 134 valence electrons. The van der Waals surface area contributed by atoms with Crippen molar-refractivity contribution in [2.24, 2.45) is 10.7 Å². The number of nitrogens with two attached hydrogens (primary N) is 1. The number of rotatable bonds is 8. The van der Waals surface area contributed by atoms with Gasteiger partial charge in [-0.05, 0) is 23.3 Å². The fourth-order valence-electron chi connectivity index (χ4n) is 2.18. The lowest BCUT2D eigenvalue weighted by Gasteiger charge is -2.06. The number of hydrogen-bond acceptors (Lipinski definition) is 6. The number of ether oxygens (including phenoxy) is 2. The van der Waals surface area contributed by atoms with Crippen LogP contribution in [0.25, 0.3) is 0 Å². The summed E-state index contributed by atoms with van der Waals surface area (Å²) in [5.74, 6) is -0.113. The molecule has 1 aromatic heterocycles. The molecule has 0 fully saturated rings. The molecule has 0 spiro atoms. The van der Waals surface area contributed by atoms with Crippen molar-refractivity contribution in [3.05, 3.63) is 65.0 Å². The first-order valence-corrected chi connectivity index (χ1v) is 8.01. The predicted octanol–water partition coefficient (Wildman–Crippen LogP) is 1.86. The van der Waals surface area contributed by atoms with Crippen molar-refractivity contribution in [1.29, 1.82) is 5.26 Å². The number of aliphatic imine (C=N–C) groups is 1. The third kappa shape index (κ3) is 6.00. The van der Waals surface area contributed by atoms with E-state index in [1.807, 2.05) is 30.3 Å². The highest BCUT2D eigenvalue weighted by Crippen LogP contribution is 2.10. The van der Waals surface area contributed by atoms with Crippen LogP contribution in [0, 0.1) is 11.3 Å². The molecule has 2 aromatic rings. The Balaban J connectivity index is 1.96. The standard InChI is InChI=1S/C19H20N4O3/c1-25-7-8-26-19(21)23-12-15-4-2-3-14(9-15)10-18(24)17-6-5-16(11-20)13-22-17/h2-6,9,13H,7-8,10,12H2,1H3,(H2,21,23). The molecular weight excluding hydrogens is 332 g/mol. The number of carbonyl (C=O) groups excluding carboxylic acids is 1. The Morgan fingerprint density at radius 3 is 2.77 bits per heavy atom. The van der Waals surface area contributed by atoms with E-state index in [1.54, 1.807) is 19.2 Å². The summed E-state index contributed by atoms with van der Waals surface area (Å²) in [5.41, 5.74) is 8.20. The van der Waals surface area contributed by atoms with Crippen LogP contribution >= 0.6 is 0 Å². The molecule has 2 N–H and O–H groups in total. The van der Waals surface area contributed by atoms with Crippen LogP contribution in [0.15, 0.2) is 47.6 Å². The van der Waals surface area contributed by atoms with Crippen LogP contribution in [0.2, 0.25) is 0 Å². The van der Waals surface area contributed by atoms with Gasteiger partial charge in [0.15, 0.2) is 5.78 Å². The number of benzene rings is 1. The molecule has 1 aromatic carbocycles. The Kier molecular flexibility index (Phi) is 7.28. The Labute approximate surface area is 152 Å². The van der Waals surface area contributed by atoms with Gasteiger partial charge in [0.05, 0.1) is 18.7 Å². The topological polar surface area (TPSA) is 111 Å². The highest BCUT2D eigenvalue weighted by molar-refractivity contribution is 5.95. The Morgan fingerprint density at radius 2 is 2.08 bits per heavy atom. The summed E-state index contributed by atoms with van der Waals surface area (Å²) in [6, 6.07) is 12.8. The van der Waals surface area contributed by atoms with E-state index in [2.05, 4.69) is 9.98 Å². The number of nitriles is 1. The minimum atomic E-state index is -0.113. The summed E-state index contributed by atoms with van der Waals surface area (Å²) in [7, 11) is 1.58. The van der Waals surface area contributed by atoms with Gasteiger partial charge in [0.25, 0.3) is 6.02 Å². The molecule has 1 heterocycles. The molecule has 26 heavy (non-hydrogen) atoms. The summed E-state index contributed by atoms with van der Waals surface area (Å²) in [6.45, 7) is 1.14. The second-order valence-corrected chi connectivity index (χ2v) is 5.46. The van der Waals surface area contributed by atoms with Crippen LogP contribution < -0.4 is 5.73 Å². The van der Waals surface area contributed by atoms with Gasteiger partial charge in [-0.1, -0.05) is 24.3 Å². The SMILES string of the molecule is COCCOC(N)=NCc1cccc(CC(=O)c2ccc(C#N)cn2)c1. The summed E-state index contributed by atoms with van der Waals surface area (Å²) in [6.07, 6.45) is 1.61. The van der Waals surface area contributed by atoms with Crippen molar-refractivity contribution in [2.45, 2.75) is 13.0 Å². The molecule has 0 aliphatic rings. The van der Waals surface area contributed by atoms with Crippen LogP contribution in [0.5, 0.6) is 0 Å². The van der Waals surface area contributed by atoms with Crippen molar-refractivity contribution in [3.8, 4) is 6.07 Å². The molecule has 0 aliphatic heterocycles. The highest BCUT2D eigenvalue weighted by atomic mass is 16.5. The number of carbonyl (C=O) groups is 1. The van der Waals surface area contributed by atoms with Gasteiger partial charge in [-0.3, -0.25) is 9.78 Å². The zero-order chi connectivity index (χ0) is 18.8. The number of hydrogen-bond donors (Lipinski definition) is 1. The van der Waals surface area contributed by atoms with Crippen molar-refractivity contribution in [3.63, 3.8) is 0 Å². The molecule has 7 heteroatoms. The molecule has 0 saturated carbocycles. The fourth-order valence-corrected chi connectivity index (χ4v) is 2.18. The summed E-state index contributed by atoms with van der Waals surface area (Å²) in [4.78, 5) is 20.5. The molecule has 0 radical (unpaired) electrons. The largest absolute Gasteiger partial charge is 0.463 e. The molecule has 0 atom stereocenters. The molecule has 7 nitrogen and oxygen atoms in total. The molecule has 0 amide bonds. The van der Waals surface area contributed by atoms with E-state index < -0.39 is 0 Å². The van der Waals surface area contributed by atoms with E-state index in [-0.39, 0.29) is 18.2 Å². The first-order valence-electron chi connectivity index (χ1n) is 8.01. The predicted molar refractivity (Wildman–Crippen MR) is 96.6 cm³/mol. The zero-order valence-corrected chi connectivity index (χ0v) is 14.5. The first-order chi connectivity index (χ1) is 12.6. The van der Waals surface area contributed by atoms with Gasteiger partial charge in [-0.2, -0.15) is 5.26 Å². The second-order valence-electron chi connectivity index (χ2n) is 5.46. The van der Waals surface area contributed by atoms with Crippen LogP contribution in [0.4, 0.5) is 0 Å². The maximum atomic E-state index is 12.3. The number of aromatic nitrogens is 1. The van der Waals surface area contributed by atoms with Crippen LogP contribution in [0.1, 0.15) is 27.2 Å². The molecule has 0 unspecified atom stereocenters. The lowest BCUT2D eigenvalue weighted by Crippen LogP contribution is -2.19. The third-order valence-electron chi connectivity index (χ3n) is 3.49. The van der Waals surface area contributed by atoms with Crippen molar-refractivity contribution in [1.82, 2.24) is 4.98 Å². The van der Waals surface area contributed by atoms with Gasteiger partial charge in [-0.25, -0.2) is 4.99 Å². The molecule has 0 saturated heterocycles. The molecule has 0 bridgehead atoms. The van der Waals surface area contributed by atoms with Crippen molar-refractivity contribution < 1.29 is 14.3 Å². The van der Waals surface area contributed by atoms with Gasteiger partial charge < -0.3 is 15.2 Å². The van der Waals surface area contributed by atoms with Gasteiger partial charge in [-0.15, -0.1) is 0 Å². The second kappa shape index (κ2) is 9.91. The summed E-state index contributed by atoms with van der Waals surface area (Å²) < 4.78 is 10.1. The van der Waals surface area contributed by atoms with Crippen LogP contribution in [0.3, 0.4) is 0 Å². The number of methoxy groups -OCH3 is 1. The quantitative estimate of drug-likeness (QED) is 0.336. The first kappa shape index (κ1) is 19.1. The van der Waals surface area contributed by atoms with Gasteiger partial charge in [0, 0.05) is 19.7 Å². The van der Waals surface area contributed by atoms with Gasteiger partial charge >= 0.3 is 0 Å². The van der Waals surface area contributed by atoms with Crippen molar-refractivity contribution in [2.75, 3.05) is 20.3 Å². The molecule has 2 rings (SSSR count). The van der Waals surface area contributed by atoms with E-state index >= 15 is 0 Å². The summed E-state index contributed by atoms with van der Waals surface area (Å²) >= 11 is 0. The fraction of sp³-hybridized carbons (Fsp3) is 0.263. The highest BCUT2D eigenvalue weighted by Gasteiger charge is 2.09. The maximum Gasteiger partial charge on any atom is 0.282 e. The number of amidine groups is 1. The minimum Gasteiger partial charge on any atom is -0.463 e. The third-order valence-corrected chi connectivity index (χ3v) is 3.49. The zero-order valence-electron chi connectivity index (χ0n) is 14.5. The Morgan fingerprint density at radius 1 is 1.27 bits per heavy atom. The smallest absolute Gasteiger partial charge is 0.282 e. The normalized spacial score (nSPS) is 11.0. The Hall–Kier alpha value is -3.24. The van der Waals surface area contributed by atoms with Crippen molar-refractivity contribution >= 4 is 11.8 Å². The van der Waals surface area contributed by atoms with E-state index in [1.165, 1.54) is 6.20 Å². The van der Waals surface area contributed by atoms with E-state index in [9.17, 15) is 4.79 Å². The average Bonchev–Trinajstić information content (AvgIpc) is 2.67. The Bertz CT molecular complexity index is 810. The van der Waals surface area contributed by atoms with E-state index in [0.717, 1.165) is 11.1 Å². The average molecular weight is 352 g/mol. The van der Waals surface area contributed by atoms with E-state index in [4.69, 9.17) is 20.5 Å². The van der Waals surface area contributed by atoms with Gasteiger partial charge in [0.1, 0.15) is 18.4 Å². The number of nitrogens with zero attached hydrogens (tertiary/aromatic N) is 3. The van der Waals surface area contributed by atoms with Gasteiger partial charge in [0.2, 0.25) is 0 Å². The lowest BCUT2D eigenvalue weighted by atomic mass is 10.0. The number of pyridine rings is 1. The summed E-state index contributed by atoms with van der Waals surface area (Å²) in [5, 5.41) is 8.77. The van der Waals surface area contributed by atoms with Crippen LogP contribution in [-0.4, -0.2) is 37.1 Å². The maximum absolute atomic E-state index is 12.3. The molecular formula is C19H20N4O3. The monoisotopic (exact) mass is 352 g/mol. The number of ketones is 1. The minimum absolute atomic E-state index is 0.102. The number of Topliss-reactive ketones (excluding diaryl/α,β-unsaturated/α-hetero) is 1.